The molecule has 0 aromatic carbocycles. The second kappa shape index (κ2) is 3.69. The first-order valence-electron chi connectivity index (χ1n) is 5.14. The van der Waals surface area contributed by atoms with Gasteiger partial charge in [-0.05, 0) is 12.8 Å². The monoisotopic (exact) mass is 179 g/mol. The Hall–Kier alpha value is -0.520. The highest BCUT2D eigenvalue weighted by Crippen LogP contribution is 2.36. The fourth-order valence-electron chi connectivity index (χ4n) is 2.62. The van der Waals surface area contributed by atoms with Gasteiger partial charge in [0.25, 0.3) is 0 Å². The molecule has 0 aromatic heterocycles. The third-order valence-electron chi connectivity index (χ3n) is 3.36. The molecule has 0 N–H and O–H groups in total. The minimum Gasteiger partial charge on any atom is -0.378 e. The number of morpholine rings is 1. The van der Waals surface area contributed by atoms with E-state index in [9.17, 15) is 0 Å². The van der Waals surface area contributed by atoms with Gasteiger partial charge in [-0.1, -0.05) is 18.8 Å². The molecule has 2 rings (SSSR count). The summed E-state index contributed by atoms with van der Waals surface area (Å²) in [6.45, 7) is 3.56. The van der Waals surface area contributed by atoms with Crippen molar-refractivity contribution in [3.8, 4) is 12.3 Å². The van der Waals surface area contributed by atoms with E-state index in [2.05, 4.69) is 10.8 Å². The molecule has 1 aliphatic heterocycles. The van der Waals surface area contributed by atoms with E-state index in [-0.39, 0.29) is 0 Å². The summed E-state index contributed by atoms with van der Waals surface area (Å²) in [7, 11) is 0. The average molecular weight is 179 g/mol. The summed E-state index contributed by atoms with van der Waals surface area (Å²) in [5.41, 5.74) is 0.310. The highest BCUT2D eigenvalue weighted by atomic mass is 16.5. The number of nitrogens with zero attached hydrogens (tertiary/aromatic N) is 1. The van der Waals surface area contributed by atoms with Crippen molar-refractivity contribution in [2.75, 3.05) is 26.3 Å². The summed E-state index contributed by atoms with van der Waals surface area (Å²) < 4.78 is 5.57. The SMILES string of the molecule is C#CCN1CCOCC12CCCC2. The summed E-state index contributed by atoms with van der Waals surface area (Å²) >= 11 is 0. The maximum atomic E-state index is 5.57. The van der Waals surface area contributed by atoms with Crippen LogP contribution >= 0.6 is 0 Å². The molecule has 1 saturated carbocycles. The molecule has 0 atom stereocenters. The average Bonchev–Trinajstić information content (AvgIpc) is 2.59. The normalized spacial score (nSPS) is 27.6. The smallest absolute Gasteiger partial charge is 0.0651 e. The Morgan fingerprint density at radius 1 is 1.38 bits per heavy atom. The van der Waals surface area contributed by atoms with Crippen LogP contribution in [0.15, 0.2) is 0 Å². The molecule has 13 heavy (non-hydrogen) atoms. The summed E-state index contributed by atoms with van der Waals surface area (Å²) in [5, 5.41) is 0. The lowest BCUT2D eigenvalue weighted by atomic mass is 9.95. The third kappa shape index (κ3) is 1.59. The van der Waals surface area contributed by atoms with Gasteiger partial charge in [-0.2, -0.15) is 0 Å². The van der Waals surface area contributed by atoms with Crippen molar-refractivity contribution in [3.05, 3.63) is 0 Å². The zero-order valence-corrected chi connectivity index (χ0v) is 8.09. The second-order valence-corrected chi connectivity index (χ2v) is 4.11. The lowest BCUT2D eigenvalue weighted by molar-refractivity contribution is -0.0591. The molecule has 72 valence electrons. The van der Waals surface area contributed by atoms with Gasteiger partial charge in [-0.3, -0.25) is 4.90 Å². The van der Waals surface area contributed by atoms with Crippen molar-refractivity contribution in [1.82, 2.24) is 4.90 Å². The second-order valence-electron chi connectivity index (χ2n) is 4.11. The highest BCUT2D eigenvalue weighted by Gasteiger charge is 2.41. The van der Waals surface area contributed by atoms with Gasteiger partial charge in [0.15, 0.2) is 0 Å². The molecule has 2 nitrogen and oxygen atoms in total. The Balaban J connectivity index is 2.08. The molecule has 1 aliphatic carbocycles. The maximum Gasteiger partial charge on any atom is 0.0651 e. The molecular formula is C11H17NO. The van der Waals surface area contributed by atoms with E-state index in [0.717, 1.165) is 26.3 Å². The molecule has 1 saturated heterocycles. The van der Waals surface area contributed by atoms with Gasteiger partial charge in [0.1, 0.15) is 0 Å². The van der Waals surface area contributed by atoms with E-state index in [0.29, 0.717) is 5.54 Å². The fourth-order valence-corrected chi connectivity index (χ4v) is 2.62. The van der Waals surface area contributed by atoms with Crippen molar-refractivity contribution in [2.24, 2.45) is 0 Å². The van der Waals surface area contributed by atoms with Gasteiger partial charge in [-0.15, -0.1) is 6.42 Å². The van der Waals surface area contributed by atoms with Crippen molar-refractivity contribution < 1.29 is 4.74 Å². The lowest BCUT2D eigenvalue weighted by Gasteiger charge is -2.43. The summed E-state index contributed by atoms with van der Waals surface area (Å²) in [5.74, 6) is 2.76. The quantitative estimate of drug-likeness (QED) is 0.562. The van der Waals surface area contributed by atoms with E-state index in [1.54, 1.807) is 0 Å². The molecule has 2 aliphatic rings. The van der Waals surface area contributed by atoms with Crippen molar-refractivity contribution in [2.45, 2.75) is 31.2 Å². The van der Waals surface area contributed by atoms with Gasteiger partial charge in [0, 0.05) is 12.1 Å². The third-order valence-corrected chi connectivity index (χ3v) is 3.36. The molecule has 0 aromatic rings. The van der Waals surface area contributed by atoms with E-state index in [1.165, 1.54) is 25.7 Å². The number of hydrogen-bond acceptors (Lipinski definition) is 2. The van der Waals surface area contributed by atoms with E-state index >= 15 is 0 Å². The van der Waals surface area contributed by atoms with Crippen LogP contribution in [0.1, 0.15) is 25.7 Å². The van der Waals surface area contributed by atoms with E-state index < -0.39 is 0 Å². The Labute approximate surface area is 80.2 Å². The first-order chi connectivity index (χ1) is 6.37. The Bertz CT molecular complexity index is 213. The number of rotatable bonds is 1. The summed E-state index contributed by atoms with van der Waals surface area (Å²) in [6.07, 6.45) is 10.6. The summed E-state index contributed by atoms with van der Waals surface area (Å²) in [4.78, 5) is 2.45. The molecule has 0 unspecified atom stereocenters. The Morgan fingerprint density at radius 3 is 2.85 bits per heavy atom. The van der Waals surface area contributed by atoms with Gasteiger partial charge < -0.3 is 4.74 Å². The van der Waals surface area contributed by atoms with Crippen LogP contribution in [0.5, 0.6) is 0 Å². The van der Waals surface area contributed by atoms with Crippen LogP contribution < -0.4 is 0 Å². The molecular weight excluding hydrogens is 162 g/mol. The number of terminal acetylenes is 1. The standard InChI is InChI=1S/C11H17NO/c1-2-7-12-8-9-13-10-11(12)5-3-4-6-11/h1H,3-10H2. The van der Waals surface area contributed by atoms with Crippen LogP contribution in [-0.4, -0.2) is 36.7 Å². The van der Waals surface area contributed by atoms with Crippen LogP contribution in [0.3, 0.4) is 0 Å². The molecule has 1 heterocycles. The molecule has 0 bridgehead atoms. The highest BCUT2D eigenvalue weighted by molar-refractivity contribution is 5.01. The fraction of sp³-hybridized carbons (Fsp3) is 0.818. The number of ether oxygens (including phenoxy) is 1. The van der Waals surface area contributed by atoms with Crippen molar-refractivity contribution in [1.29, 1.82) is 0 Å². The van der Waals surface area contributed by atoms with Gasteiger partial charge >= 0.3 is 0 Å². The van der Waals surface area contributed by atoms with Crippen LogP contribution in [0.25, 0.3) is 0 Å². The minimum absolute atomic E-state index is 0.310. The molecule has 2 fully saturated rings. The largest absolute Gasteiger partial charge is 0.378 e. The first-order valence-corrected chi connectivity index (χ1v) is 5.14. The zero-order valence-electron chi connectivity index (χ0n) is 8.09. The Kier molecular flexibility index (Phi) is 2.57. The van der Waals surface area contributed by atoms with Gasteiger partial charge in [-0.25, -0.2) is 0 Å². The molecule has 0 amide bonds. The minimum atomic E-state index is 0.310. The maximum absolute atomic E-state index is 5.57. The predicted octanol–water partition coefficient (Wildman–Crippen LogP) is 1.26. The van der Waals surface area contributed by atoms with Crippen LogP contribution in [0, 0.1) is 12.3 Å². The van der Waals surface area contributed by atoms with Crippen molar-refractivity contribution >= 4 is 0 Å². The van der Waals surface area contributed by atoms with E-state index in [4.69, 9.17) is 11.2 Å². The van der Waals surface area contributed by atoms with Crippen LogP contribution in [-0.2, 0) is 4.74 Å². The lowest BCUT2D eigenvalue weighted by Crippen LogP contribution is -2.55. The predicted molar refractivity (Wildman–Crippen MR) is 52.4 cm³/mol. The topological polar surface area (TPSA) is 12.5 Å². The Morgan fingerprint density at radius 2 is 2.15 bits per heavy atom. The van der Waals surface area contributed by atoms with Gasteiger partial charge in [0.2, 0.25) is 0 Å². The molecule has 1 spiro atoms. The first kappa shape index (κ1) is 9.05. The van der Waals surface area contributed by atoms with Gasteiger partial charge in [0.05, 0.1) is 19.8 Å². The van der Waals surface area contributed by atoms with E-state index in [1.807, 2.05) is 0 Å². The molecule has 0 radical (unpaired) electrons. The van der Waals surface area contributed by atoms with Crippen molar-refractivity contribution in [3.63, 3.8) is 0 Å². The zero-order chi connectivity index (χ0) is 9.15. The number of hydrogen-bond donors (Lipinski definition) is 0. The van der Waals surface area contributed by atoms with Crippen LogP contribution in [0.4, 0.5) is 0 Å². The summed E-state index contributed by atoms with van der Waals surface area (Å²) in [6, 6.07) is 0. The van der Waals surface area contributed by atoms with Crippen LogP contribution in [0.2, 0.25) is 0 Å². The molecule has 2 heteroatoms.